The zero-order valence-electron chi connectivity index (χ0n) is 9.84. The van der Waals surface area contributed by atoms with Crippen molar-refractivity contribution in [1.82, 2.24) is 4.98 Å². The number of fused-ring (bicyclic) bond motifs is 1. The van der Waals surface area contributed by atoms with Crippen molar-refractivity contribution in [2.45, 2.75) is 19.8 Å². The lowest BCUT2D eigenvalue weighted by Gasteiger charge is -2.06. The molecule has 0 spiro atoms. The van der Waals surface area contributed by atoms with Crippen LogP contribution in [0.1, 0.15) is 17.7 Å². The fraction of sp³-hybridized carbons (Fsp3) is 0.231. The highest BCUT2D eigenvalue weighted by Crippen LogP contribution is 2.26. The molecule has 2 aromatic rings. The van der Waals surface area contributed by atoms with Gasteiger partial charge in [0.05, 0.1) is 5.02 Å². The monoisotopic (exact) mass is 266 g/mol. The molecular formula is C13H12ClFN2O. The Balaban J connectivity index is 2.51. The maximum atomic E-state index is 13.9. The van der Waals surface area contributed by atoms with Crippen LogP contribution < -0.4 is 5.73 Å². The molecule has 5 heteroatoms. The van der Waals surface area contributed by atoms with Crippen LogP contribution in [0.25, 0.3) is 10.9 Å². The van der Waals surface area contributed by atoms with E-state index in [9.17, 15) is 9.18 Å². The Labute approximate surface area is 109 Å². The van der Waals surface area contributed by atoms with E-state index in [0.29, 0.717) is 28.1 Å². The number of pyridine rings is 1. The van der Waals surface area contributed by atoms with Gasteiger partial charge >= 0.3 is 0 Å². The van der Waals surface area contributed by atoms with Crippen LogP contribution in [-0.4, -0.2) is 10.9 Å². The molecule has 1 aromatic heterocycles. The lowest BCUT2D eigenvalue weighted by Crippen LogP contribution is -2.11. The van der Waals surface area contributed by atoms with E-state index in [-0.39, 0.29) is 11.9 Å². The third kappa shape index (κ3) is 2.59. The molecule has 0 aliphatic carbocycles. The fourth-order valence-corrected chi connectivity index (χ4v) is 2.13. The summed E-state index contributed by atoms with van der Waals surface area (Å²) in [6.07, 6.45) is 0.578. The number of carbonyl (C=O) groups excluding carboxylic acids is 1. The molecule has 0 aliphatic rings. The number of halogens is 2. The molecule has 1 heterocycles. The second kappa shape index (κ2) is 4.90. The number of hydrogen-bond acceptors (Lipinski definition) is 2. The molecule has 2 rings (SSSR count). The lowest BCUT2D eigenvalue weighted by molar-refractivity contribution is -0.117. The molecule has 0 unspecified atom stereocenters. The third-order valence-corrected chi connectivity index (χ3v) is 2.98. The van der Waals surface area contributed by atoms with E-state index in [0.717, 1.165) is 0 Å². The first-order valence-corrected chi connectivity index (χ1v) is 5.89. The van der Waals surface area contributed by atoms with Crippen LogP contribution in [0, 0.1) is 12.7 Å². The number of nitrogens with zero attached hydrogens (tertiary/aromatic N) is 1. The average Bonchev–Trinajstić information content (AvgIpc) is 2.28. The van der Waals surface area contributed by atoms with Gasteiger partial charge in [0.15, 0.2) is 0 Å². The number of amides is 1. The predicted molar refractivity (Wildman–Crippen MR) is 69.0 cm³/mol. The first-order valence-electron chi connectivity index (χ1n) is 5.51. The van der Waals surface area contributed by atoms with Gasteiger partial charge < -0.3 is 5.73 Å². The van der Waals surface area contributed by atoms with Crippen LogP contribution in [0.3, 0.4) is 0 Å². The normalized spacial score (nSPS) is 10.8. The first-order chi connectivity index (χ1) is 8.47. The van der Waals surface area contributed by atoms with E-state index in [1.807, 2.05) is 0 Å². The van der Waals surface area contributed by atoms with E-state index in [1.54, 1.807) is 19.1 Å². The summed E-state index contributed by atoms with van der Waals surface area (Å²) in [5.74, 6) is -0.846. The van der Waals surface area contributed by atoms with Crippen LogP contribution >= 0.6 is 11.6 Å². The number of hydrogen-bond donors (Lipinski definition) is 1. The van der Waals surface area contributed by atoms with Crippen molar-refractivity contribution in [3.63, 3.8) is 0 Å². The number of nitrogens with two attached hydrogens (primary N) is 1. The summed E-state index contributed by atoms with van der Waals surface area (Å²) in [5.41, 5.74) is 6.67. The number of carbonyl (C=O) groups is 1. The van der Waals surface area contributed by atoms with Gasteiger partial charge in [-0.15, -0.1) is 0 Å². The van der Waals surface area contributed by atoms with Crippen molar-refractivity contribution in [1.29, 1.82) is 0 Å². The highest BCUT2D eigenvalue weighted by molar-refractivity contribution is 6.35. The number of aryl methyl sites for hydroxylation is 2. The Kier molecular flexibility index (Phi) is 3.48. The van der Waals surface area contributed by atoms with Gasteiger partial charge in [-0.25, -0.2) is 9.37 Å². The third-order valence-electron chi connectivity index (χ3n) is 2.66. The molecule has 0 saturated carbocycles. The SMILES string of the molecule is Cc1cc(Cl)c2cc(CCC(N)=O)cc(F)c2n1. The zero-order chi connectivity index (χ0) is 13.3. The summed E-state index contributed by atoms with van der Waals surface area (Å²) >= 11 is 6.07. The second-order valence-corrected chi connectivity index (χ2v) is 4.59. The van der Waals surface area contributed by atoms with Crippen molar-refractivity contribution in [3.05, 3.63) is 40.3 Å². The minimum absolute atomic E-state index is 0.182. The molecule has 1 amide bonds. The van der Waals surface area contributed by atoms with Crippen molar-refractivity contribution in [2.24, 2.45) is 5.73 Å². The van der Waals surface area contributed by atoms with Crippen LogP contribution in [0.2, 0.25) is 5.02 Å². The molecule has 1 aromatic carbocycles. The largest absolute Gasteiger partial charge is 0.370 e. The fourth-order valence-electron chi connectivity index (χ4n) is 1.83. The molecule has 2 N–H and O–H groups in total. The Morgan fingerprint density at radius 3 is 2.83 bits per heavy atom. The Morgan fingerprint density at radius 2 is 2.17 bits per heavy atom. The molecule has 94 valence electrons. The second-order valence-electron chi connectivity index (χ2n) is 4.19. The van der Waals surface area contributed by atoms with Crippen LogP contribution in [-0.2, 0) is 11.2 Å². The van der Waals surface area contributed by atoms with Gasteiger partial charge in [-0.1, -0.05) is 11.6 Å². The van der Waals surface area contributed by atoms with Gasteiger partial charge in [0.2, 0.25) is 5.91 Å². The van der Waals surface area contributed by atoms with Gasteiger partial charge in [-0.2, -0.15) is 0 Å². The minimum atomic E-state index is -0.433. The van der Waals surface area contributed by atoms with Gasteiger partial charge in [0.25, 0.3) is 0 Å². The maximum Gasteiger partial charge on any atom is 0.217 e. The summed E-state index contributed by atoms with van der Waals surface area (Å²) in [6, 6.07) is 4.80. The molecule has 0 atom stereocenters. The van der Waals surface area contributed by atoms with Crippen LogP contribution in [0.15, 0.2) is 18.2 Å². The minimum Gasteiger partial charge on any atom is -0.370 e. The quantitative estimate of drug-likeness (QED) is 0.929. The van der Waals surface area contributed by atoms with Gasteiger partial charge in [0, 0.05) is 17.5 Å². The molecule has 0 aliphatic heterocycles. The lowest BCUT2D eigenvalue weighted by atomic mass is 10.1. The predicted octanol–water partition coefficient (Wildman–Crippen LogP) is 2.75. The summed E-state index contributed by atoms with van der Waals surface area (Å²) in [5, 5.41) is 1.01. The molecule has 3 nitrogen and oxygen atoms in total. The first kappa shape index (κ1) is 12.8. The van der Waals surface area contributed by atoms with E-state index < -0.39 is 11.7 Å². The number of benzene rings is 1. The number of aromatic nitrogens is 1. The van der Waals surface area contributed by atoms with E-state index in [1.165, 1.54) is 6.07 Å². The molecule has 0 fully saturated rings. The topological polar surface area (TPSA) is 56.0 Å². The Morgan fingerprint density at radius 1 is 1.44 bits per heavy atom. The Hall–Kier alpha value is -1.68. The molecule has 0 bridgehead atoms. The number of rotatable bonds is 3. The zero-order valence-corrected chi connectivity index (χ0v) is 10.6. The van der Waals surface area contributed by atoms with Crippen LogP contribution in [0.4, 0.5) is 4.39 Å². The summed E-state index contributed by atoms with van der Waals surface area (Å²) in [4.78, 5) is 14.8. The van der Waals surface area contributed by atoms with Crippen molar-refractivity contribution < 1.29 is 9.18 Å². The average molecular weight is 267 g/mol. The standard InChI is InChI=1S/C13H12ClFN2O/c1-7-4-10(14)9-5-8(2-3-12(16)18)6-11(15)13(9)17-7/h4-6H,2-3H2,1H3,(H2,16,18). The summed E-state index contributed by atoms with van der Waals surface area (Å²) in [6.45, 7) is 1.76. The summed E-state index contributed by atoms with van der Waals surface area (Å²) in [7, 11) is 0. The maximum absolute atomic E-state index is 13.9. The van der Waals surface area contributed by atoms with Crippen LogP contribution in [0.5, 0.6) is 0 Å². The van der Waals surface area contributed by atoms with E-state index in [4.69, 9.17) is 17.3 Å². The van der Waals surface area contributed by atoms with Crippen molar-refractivity contribution in [3.8, 4) is 0 Å². The van der Waals surface area contributed by atoms with E-state index in [2.05, 4.69) is 4.98 Å². The number of primary amides is 1. The smallest absolute Gasteiger partial charge is 0.217 e. The summed E-state index contributed by atoms with van der Waals surface area (Å²) < 4.78 is 13.9. The van der Waals surface area contributed by atoms with Gasteiger partial charge in [-0.05, 0) is 37.1 Å². The van der Waals surface area contributed by atoms with E-state index >= 15 is 0 Å². The van der Waals surface area contributed by atoms with Gasteiger partial charge in [-0.3, -0.25) is 4.79 Å². The van der Waals surface area contributed by atoms with Crippen molar-refractivity contribution in [2.75, 3.05) is 0 Å². The highest BCUT2D eigenvalue weighted by Gasteiger charge is 2.10. The Bertz CT molecular complexity index is 628. The van der Waals surface area contributed by atoms with Gasteiger partial charge in [0.1, 0.15) is 11.3 Å². The van der Waals surface area contributed by atoms with Crippen molar-refractivity contribution >= 4 is 28.4 Å². The molecule has 0 radical (unpaired) electrons. The highest BCUT2D eigenvalue weighted by atomic mass is 35.5. The molecule has 18 heavy (non-hydrogen) atoms. The molecule has 0 saturated heterocycles. The molecular weight excluding hydrogens is 255 g/mol.